The zero-order valence-electron chi connectivity index (χ0n) is 18.1. The summed E-state index contributed by atoms with van der Waals surface area (Å²) >= 11 is 0. The largest absolute Gasteiger partial charge is 0.335 e. The van der Waals surface area contributed by atoms with Crippen LogP contribution in [0.5, 0.6) is 0 Å². The van der Waals surface area contributed by atoms with Gasteiger partial charge in [-0.1, -0.05) is 45.4 Å². The molecule has 6 heteroatoms. The zero-order valence-corrected chi connectivity index (χ0v) is 18.9. The smallest absolute Gasteiger partial charge is 0.254 e. The molecule has 1 fully saturated rings. The minimum atomic E-state index is -3.67. The predicted octanol–water partition coefficient (Wildman–Crippen LogP) is 4.32. The summed E-state index contributed by atoms with van der Waals surface area (Å²) in [5, 5.41) is 0. The number of sulfonamides is 1. The van der Waals surface area contributed by atoms with E-state index in [-0.39, 0.29) is 22.6 Å². The Morgan fingerprint density at radius 1 is 1.21 bits per heavy atom. The summed E-state index contributed by atoms with van der Waals surface area (Å²) in [7, 11) is -3.67. The molecule has 2 aliphatic rings. The Morgan fingerprint density at radius 3 is 2.66 bits per heavy atom. The molecule has 1 aliphatic carbocycles. The van der Waals surface area contributed by atoms with Gasteiger partial charge in [0.2, 0.25) is 10.0 Å². The number of nitrogens with one attached hydrogen (secondary N) is 1. The van der Waals surface area contributed by atoms with Crippen molar-refractivity contribution in [3.8, 4) is 0 Å². The third-order valence-corrected chi connectivity index (χ3v) is 7.43. The average Bonchev–Trinajstić information content (AvgIpc) is 2.71. The van der Waals surface area contributed by atoms with E-state index in [1.165, 1.54) is 18.4 Å². The van der Waals surface area contributed by atoms with Crippen LogP contribution in [0.2, 0.25) is 0 Å². The normalized spacial score (nSPS) is 20.0. The number of fused-ring (bicyclic) bond motifs is 1. The van der Waals surface area contributed by atoms with Gasteiger partial charge < -0.3 is 4.90 Å². The van der Waals surface area contributed by atoms with Crippen molar-refractivity contribution in [1.82, 2.24) is 9.62 Å². The molecule has 1 aliphatic heterocycles. The number of rotatable bonds is 6. The first-order valence-electron chi connectivity index (χ1n) is 10.8. The molecule has 1 heterocycles. The summed E-state index contributed by atoms with van der Waals surface area (Å²) < 4.78 is 28.6. The van der Waals surface area contributed by atoms with Crippen molar-refractivity contribution in [2.45, 2.75) is 64.2 Å². The second kappa shape index (κ2) is 9.00. The quantitative estimate of drug-likeness (QED) is 0.700. The van der Waals surface area contributed by atoms with Gasteiger partial charge in [-0.3, -0.25) is 4.79 Å². The summed E-state index contributed by atoms with van der Waals surface area (Å²) in [5.74, 6) is 0.799. The molecule has 0 bridgehead atoms. The van der Waals surface area contributed by atoms with Gasteiger partial charge in [0.1, 0.15) is 0 Å². The van der Waals surface area contributed by atoms with Crippen molar-refractivity contribution in [3.63, 3.8) is 0 Å². The molecule has 1 amide bonds. The summed E-state index contributed by atoms with van der Waals surface area (Å²) in [4.78, 5) is 15.3. The van der Waals surface area contributed by atoms with Gasteiger partial charge in [0, 0.05) is 25.2 Å². The molecule has 3 rings (SSSR count). The Labute approximate surface area is 175 Å². The van der Waals surface area contributed by atoms with Crippen molar-refractivity contribution in [1.29, 1.82) is 0 Å². The van der Waals surface area contributed by atoms with Crippen molar-refractivity contribution in [3.05, 3.63) is 41.0 Å². The maximum atomic E-state index is 13.2. The summed E-state index contributed by atoms with van der Waals surface area (Å²) in [5.41, 5.74) is 2.57. The first-order chi connectivity index (χ1) is 13.7. The van der Waals surface area contributed by atoms with Gasteiger partial charge in [-0.25, -0.2) is 13.1 Å². The Hall–Kier alpha value is -1.66. The fourth-order valence-corrected chi connectivity index (χ4v) is 5.83. The van der Waals surface area contributed by atoms with E-state index in [2.05, 4.69) is 10.8 Å². The van der Waals surface area contributed by atoms with Gasteiger partial charge in [0.05, 0.1) is 4.90 Å². The summed E-state index contributed by atoms with van der Waals surface area (Å²) in [6.45, 7) is 9.66. The van der Waals surface area contributed by atoms with Crippen LogP contribution in [0.15, 0.2) is 34.7 Å². The lowest BCUT2D eigenvalue weighted by molar-refractivity contribution is 0.0730. The lowest BCUT2D eigenvalue weighted by atomic mass is 9.82. The molecular weight excluding hydrogens is 384 g/mol. The zero-order chi connectivity index (χ0) is 21.2. The third kappa shape index (κ3) is 5.10. The number of allylic oxidation sites excluding steroid dienone is 1. The molecule has 1 aromatic rings. The molecule has 0 spiro atoms. The van der Waals surface area contributed by atoms with Crippen LogP contribution in [-0.4, -0.2) is 38.9 Å². The van der Waals surface area contributed by atoms with Crippen LogP contribution in [0.1, 0.15) is 75.2 Å². The van der Waals surface area contributed by atoms with E-state index >= 15 is 0 Å². The van der Waals surface area contributed by atoms with Crippen LogP contribution < -0.4 is 4.72 Å². The fourth-order valence-electron chi connectivity index (χ4n) is 4.23. The Bertz CT molecular complexity index is 887. The van der Waals surface area contributed by atoms with Crippen molar-refractivity contribution in [2.24, 2.45) is 11.8 Å². The molecule has 1 atom stereocenters. The first kappa shape index (κ1) is 22.0. The second-order valence-electron chi connectivity index (χ2n) is 9.08. The number of amides is 1. The molecule has 29 heavy (non-hydrogen) atoms. The van der Waals surface area contributed by atoms with E-state index < -0.39 is 10.0 Å². The van der Waals surface area contributed by atoms with Gasteiger partial charge in [0.25, 0.3) is 5.91 Å². The van der Waals surface area contributed by atoms with Crippen molar-refractivity contribution in [2.75, 3.05) is 19.6 Å². The lowest BCUT2D eigenvalue weighted by Crippen LogP contribution is -2.40. The Kier molecular flexibility index (Phi) is 6.84. The SMILES string of the molecule is CC(C)CNS(=O)(=O)c1cc(C(=O)N2CC[C@H]3CCCC=C3C2)ccc1C(C)C. The van der Waals surface area contributed by atoms with Crippen molar-refractivity contribution < 1.29 is 13.2 Å². The monoisotopic (exact) mass is 418 g/mol. The van der Waals surface area contributed by atoms with E-state index in [0.717, 1.165) is 24.9 Å². The lowest BCUT2D eigenvalue weighted by Gasteiger charge is -2.36. The number of carbonyl (C=O) groups is 1. The Morgan fingerprint density at radius 2 is 1.97 bits per heavy atom. The molecule has 0 aromatic heterocycles. The molecular formula is C23H34N2O3S. The van der Waals surface area contributed by atoms with E-state index in [0.29, 0.717) is 24.6 Å². The maximum Gasteiger partial charge on any atom is 0.254 e. The highest BCUT2D eigenvalue weighted by Crippen LogP contribution is 2.33. The number of likely N-dealkylation sites (tertiary alicyclic amines) is 1. The van der Waals surface area contributed by atoms with Crippen LogP contribution in [-0.2, 0) is 10.0 Å². The van der Waals surface area contributed by atoms with E-state index in [1.807, 2.05) is 32.6 Å². The number of nitrogens with zero attached hydrogens (tertiary/aromatic N) is 1. The minimum Gasteiger partial charge on any atom is -0.335 e. The topological polar surface area (TPSA) is 66.5 Å². The highest BCUT2D eigenvalue weighted by atomic mass is 32.2. The van der Waals surface area contributed by atoms with E-state index in [4.69, 9.17) is 0 Å². The molecule has 1 aromatic carbocycles. The van der Waals surface area contributed by atoms with Crippen LogP contribution in [0, 0.1) is 11.8 Å². The van der Waals surface area contributed by atoms with Crippen LogP contribution >= 0.6 is 0 Å². The number of hydrogen-bond acceptors (Lipinski definition) is 3. The highest BCUT2D eigenvalue weighted by molar-refractivity contribution is 7.89. The number of benzene rings is 1. The third-order valence-electron chi connectivity index (χ3n) is 5.95. The molecule has 5 nitrogen and oxygen atoms in total. The Balaban J connectivity index is 1.88. The van der Waals surface area contributed by atoms with Gasteiger partial charge in [0.15, 0.2) is 0 Å². The molecule has 1 saturated heterocycles. The van der Waals surface area contributed by atoms with Crippen LogP contribution in [0.3, 0.4) is 0 Å². The standard InChI is InChI=1S/C23H34N2O3S/c1-16(2)14-24-29(27,28)22-13-19(9-10-21(22)17(3)4)23(26)25-12-11-18-7-5-6-8-20(18)15-25/h8-10,13,16-18,24H,5-7,11-12,14-15H2,1-4H3/t18-/m1/s1. The fraction of sp³-hybridized carbons (Fsp3) is 0.609. The first-order valence-corrected chi connectivity index (χ1v) is 12.3. The van der Waals surface area contributed by atoms with E-state index in [9.17, 15) is 13.2 Å². The molecule has 0 unspecified atom stereocenters. The molecule has 0 saturated carbocycles. The number of piperidine rings is 1. The van der Waals surface area contributed by atoms with Crippen LogP contribution in [0.25, 0.3) is 0 Å². The van der Waals surface area contributed by atoms with Gasteiger partial charge in [-0.05, 0) is 61.1 Å². The molecule has 160 valence electrons. The number of hydrogen-bond donors (Lipinski definition) is 1. The highest BCUT2D eigenvalue weighted by Gasteiger charge is 2.29. The average molecular weight is 419 g/mol. The maximum absolute atomic E-state index is 13.2. The van der Waals surface area contributed by atoms with Gasteiger partial charge in [-0.15, -0.1) is 0 Å². The van der Waals surface area contributed by atoms with Crippen molar-refractivity contribution >= 4 is 15.9 Å². The van der Waals surface area contributed by atoms with E-state index in [1.54, 1.807) is 18.2 Å². The molecule has 1 N–H and O–H groups in total. The van der Waals surface area contributed by atoms with Gasteiger partial charge in [-0.2, -0.15) is 0 Å². The molecule has 0 radical (unpaired) electrons. The minimum absolute atomic E-state index is 0.0490. The van der Waals surface area contributed by atoms with Gasteiger partial charge >= 0.3 is 0 Å². The van der Waals surface area contributed by atoms with Crippen LogP contribution in [0.4, 0.5) is 0 Å². The number of carbonyl (C=O) groups excluding carboxylic acids is 1. The predicted molar refractivity (Wildman–Crippen MR) is 117 cm³/mol. The second-order valence-corrected chi connectivity index (χ2v) is 10.8. The summed E-state index contributed by atoms with van der Waals surface area (Å²) in [6, 6.07) is 5.15. The summed E-state index contributed by atoms with van der Waals surface area (Å²) in [6.07, 6.45) is 6.86.